The lowest BCUT2D eigenvalue weighted by molar-refractivity contribution is 0.320. The summed E-state index contributed by atoms with van der Waals surface area (Å²) in [4.78, 5) is 0. The molecule has 0 amide bonds. The molecule has 2 N–H and O–H groups in total. The predicted molar refractivity (Wildman–Crippen MR) is 67.3 cm³/mol. The number of fused-ring (bicyclic) bond motifs is 1. The number of hydrogen-bond donors (Lipinski definition) is 1. The average molecular weight is 215 g/mol. The Morgan fingerprint density at radius 3 is 2.06 bits per heavy atom. The highest BCUT2D eigenvalue weighted by Gasteiger charge is 2.32. The van der Waals surface area contributed by atoms with Crippen LogP contribution in [0.2, 0.25) is 0 Å². The zero-order chi connectivity index (χ0) is 11.0. The molecule has 0 saturated heterocycles. The molecule has 1 fully saturated rings. The van der Waals surface area contributed by atoms with E-state index in [9.17, 15) is 0 Å². The van der Waals surface area contributed by atoms with E-state index in [0.717, 1.165) is 5.92 Å². The van der Waals surface area contributed by atoms with E-state index in [0.29, 0.717) is 12.0 Å². The molecular weight excluding hydrogens is 194 g/mol. The van der Waals surface area contributed by atoms with E-state index in [1.54, 1.807) is 11.1 Å². The molecule has 1 nitrogen and oxygen atoms in total. The molecule has 16 heavy (non-hydrogen) atoms. The zero-order valence-electron chi connectivity index (χ0n) is 9.86. The van der Waals surface area contributed by atoms with E-state index in [2.05, 4.69) is 24.3 Å². The smallest absolute Gasteiger partial charge is 0.0102 e. The third-order valence-electron chi connectivity index (χ3n) is 4.57. The lowest BCUT2D eigenvalue weighted by Gasteiger charge is -2.24. The van der Waals surface area contributed by atoms with Crippen LogP contribution in [0.3, 0.4) is 0 Å². The molecule has 0 aliphatic heterocycles. The second kappa shape index (κ2) is 4.21. The minimum absolute atomic E-state index is 0.440. The summed E-state index contributed by atoms with van der Waals surface area (Å²) in [5.41, 5.74) is 9.55. The molecular formula is C15H21N. The van der Waals surface area contributed by atoms with Crippen LogP contribution < -0.4 is 5.73 Å². The van der Waals surface area contributed by atoms with Crippen LogP contribution in [0.5, 0.6) is 0 Å². The van der Waals surface area contributed by atoms with Gasteiger partial charge in [-0.25, -0.2) is 0 Å². The van der Waals surface area contributed by atoms with Crippen molar-refractivity contribution in [2.45, 2.75) is 44.6 Å². The van der Waals surface area contributed by atoms with E-state index in [-0.39, 0.29) is 0 Å². The summed E-state index contributed by atoms with van der Waals surface area (Å²) in [6, 6.07) is 9.30. The minimum atomic E-state index is 0.440. The number of benzene rings is 1. The molecule has 2 aliphatic rings. The standard InChI is InChI=1S/C15H21N/c16-15(11-5-1-2-6-11)14-9-12-7-3-4-8-13(12)10-14/h3-4,7-8,11,14-15H,1-2,5-6,9-10,16H2. The lowest BCUT2D eigenvalue weighted by atomic mass is 9.86. The molecule has 0 heterocycles. The quantitative estimate of drug-likeness (QED) is 0.806. The van der Waals surface area contributed by atoms with Gasteiger partial charge < -0.3 is 5.73 Å². The Bertz CT molecular complexity index is 340. The summed E-state index contributed by atoms with van der Waals surface area (Å²) in [6.07, 6.45) is 7.97. The molecule has 1 aromatic carbocycles. The average Bonchev–Trinajstić information content (AvgIpc) is 2.97. The van der Waals surface area contributed by atoms with Crippen molar-refractivity contribution in [2.24, 2.45) is 17.6 Å². The highest BCUT2D eigenvalue weighted by Crippen LogP contribution is 2.35. The first-order chi connectivity index (χ1) is 7.84. The van der Waals surface area contributed by atoms with Gasteiger partial charge in [-0.3, -0.25) is 0 Å². The Morgan fingerprint density at radius 2 is 1.50 bits per heavy atom. The Kier molecular flexibility index (Phi) is 2.72. The fourth-order valence-corrected chi connectivity index (χ4v) is 3.59. The van der Waals surface area contributed by atoms with Crippen LogP contribution in [-0.2, 0) is 12.8 Å². The van der Waals surface area contributed by atoms with Crippen molar-refractivity contribution < 1.29 is 0 Å². The van der Waals surface area contributed by atoms with Crippen LogP contribution in [0.25, 0.3) is 0 Å². The monoisotopic (exact) mass is 215 g/mol. The van der Waals surface area contributed by atoms with Gasteiger partial charge in [0.1, 0.15) is 0 Å². The van der Waals surface area contributed by atoms with E-state index < -0.39 is 0 Å². The molecule has 0 bridgehead atoms. The Morgan fingerprint density at radius 1 is 0.938 bits per heavy atom. The lowest BCUT2D eigenvalue weighted by Crippen LogP contribution is -2.36. The third-order valence-corrected chi connectivity index (χ3v) is 4.57. The van der Waals surface area contributed by atoms with Crippen molar-refractivity contribution in [1.82, 2.24) is 0 Å². The fraction of sp³-hybridized carbons (Fsp3) is 0.600. The van der Waals surface area contributed by atoms with Gasteiger partial charge in [0, 0.05) is 6.04 Å². The molecule has 2 aliphatic carbocycles. The van der Waals surface area contributed by atoms with Gasteiger partial charge in [0.25, 0.3) is 0 Å². The van der Waals surface area contributed by atoms with Crippen molar-refractivity contribution in [1.29, 1.82) is 0 Å². The van der Waals surface area contributed by atoms with E-state index >= 15 is 0 Å². The van der Waals surface area contributed by atoms with Gasteiger partial charge >= 0.3 is 0 Å². The van der Waals surface area contributed by atoms with Gasteiger partial charge in [0.15, 0.2) is 0 Å². The number of hydrogen-bond acceptors (Lipinski definition) is 1. The molecule has 0 spiro atoms. The second-order valence-electron chi connectivity index (χ2n) is 5.56. The maximum atomic E-state index is 6.46. The zero-order valence-corrected chi connectivity index (χ0v) is 9.86. The maximum absolute atomic E-state index is 6.46. The summed E-state index contributed by atoms with van der Waals surface area (Å²) >= 11 is 0. The van der Waals surface area contributed by atoms with Gasteiger partial charge in [-0.1, -0.05) is 37.1 Å². The van der Waals surface area contributed by atoms with Crippen LogP contribution in [0.4, 0.5) is 0 Å². The van der Waals surface area contributed by atoms with Gasteiger partial charge in [-0.05, 0) is 48.6 Å². The minimum Gasteiger partial charge on any atom is -0.327 e. The first-order valence-electron chi connectivity index (χ1n) is 6.67. The maximum Gasteiger partial charge on any atom is 0.0102 e. The Hall–Kier alpha value is -0.820. The topological polar surface area (TPSA) is 26.0 Å². The Labute approximate surface area is 98.0 Å². The van der Waals surface area contributed by atoms with Crippen LogP contribution in [0.15, 0.2) is 24.3 Å². The summed E-state index contributed by atoms with van der Waals surface area (Å²) in [5.74, 6) is 1.51. The molecule has 0 radical (unpaired) electrons. The van der Waals surface area contributed by atoms with Crippen LogP contribution >= 0.6 is 0 Å². The van der Waals surface area contributed by atoms with E-state index in [1.807, 2.05) is 0 Å². The number of rotatable bonds is 2. The second-order valence-corrected chi connectivity index (χ2v) is 5.56. The van der Waals surface area contributed by atoms with Crippen molar-refractivity contribution >= 4 is 0 Å². The summed E-state index contributed by atoms with van der Waals surface area (Å²) in [5, 5.41) is 0. The van der Waals surface area contributed by atoms with Crippen LogP contribution in [0, 0.1) is 11.8 Å². The third kappa shape index (κ3) is 1.78. The summed E-state index contributed by atoms with van der Waals surface area (Å²) in [6.45, 7) is 0. The van der Waals surface area contributed by atoms with Crippen molar-refractivity contribution in [3.05, 3.63) is 35.4 Å². The molecule has 86 valence electrons. The van der Waals surface area contributed by atoms with E-state index in [4.69, 9.17) is 5.73 Å². The molecule has 1 unspecified atom stereocenters. The summed E-state index contributed by atoms with van der Waals surface area (Å²) in [7, 11) is 0. The summed E-state index contributed by atoms with van der Waals surface area (Å²) < 4.78 is 0. The SMILES string of the molecule is NC(C1CCCC1)C1Cc2ccccc2C1. The predicted octanol–water partition coefficient (Wildman–Crippen LogP) is 2.92. The highest BCUT2D eigenvalue weighted by atomic mass is 14.7. The van der Waals surface area contributed by atoms with Crippen molar-refractivity contribution in [2.75, 3.05) is 0 Å². The first kappa shape index (κ1) is 10.3. The first-order valence-corrected chi connectivity index (χ1v) is 6.67. The highest BCUT2D eigenvalue weighted by molar-refractivity contribution is 5.32. The number of nitrogens with two attached hydrogens (primary N) is 1. The molecule has 0 aromatic heterocycles. The molecule has 1 heteroatoms. The van der Waals surface area contributed by atoms with Crippen molar-refractivity contribution in [3.8, 4) is 0 Å². The van der Waals surface area contributed by atoms with Gasteiger partial charge in [0.2, 0.25) is 0 Å². The van der Waals surface area contributed by atoms with Crippen LogP contribution in [0.1, 0.15) is 36.8 Å². The van der Waals surface area contributed by atoms with Gasteiger partial charge in [-0.15, -0.1) is 0 Å². The molecule has 3 rings (SSSR count). The van der Waals surface area contributed by atoms with Gasteiger partial charge in [-0.2, -0.15) is 0 Å². The normalized spacial score (nSPS) is 23.6. The molecule has 1 saturated carbocycles. The van der Waals surface area contributed by atoms with E-state index in [1.165, 1.54) is 38.5 Å². The Balaban J connectivity index is 1.70. The fourth-order valence-electron chi connectivity index (χ4n) is 3.59. The van der Waals surface area contributed by atoms with Crippen LogP contribution in [-0.4, -0.2) is 6.04 Å². The van der Waals surface area contributed by atoms with Gasteiger partial charge in [0.05, 0.1) is 0 Å². The largest absolute Gasteiger partial charge is 0.327 e. The van der Waals surface area contributed by atoms with Crippen molar-refractivity contribution in [3.63, 3.8) is 0 Å². The molecule has 1 atom stereocenters. The molecule has 1 aromatic rings.